The minimum atomic E-state index is -4.70. The van der Waals surface area contributed by atoms with Gasteiger partial charge in [-0.05, 0) is 30.5 Å². The topological polar surface area (TPSA) is 35.5 Å². The highest BCUT2D eigenvalue weighted by molar-refractivity contribution is 5.29. The molecule has 3 nitrogen and oxygen atoms in total. The van der Waals surface area contributed by atoms with Crippen LogP contribution in [0.15, 0.2) is 18.2 Å². The Hall–Kier alpha value is -1.18. The van der Waals surface area contributed by atoms with E-state index in [0.29, 0.717) is 18.4 Å². The standard InChI is InChI=1S/C15H20F4N2O/c16-13-4-3-11(10-12(13)15(17,18)19)14(2-1-9-22)21-7-5-20-6-8-21/h3-4,10,14,20,22H,1-2,5-9H2/t14-/m1/s1. The number of hydrogen-bond acceptors (Lipinski definition) is 3. The van der Waals surface area contributed by atoms with Crippen LogP contribution in [0.5, 0.6) is 0 Å². The van der Waals surface area contributed by atoms with Gasteiger partial charge in [0, 0.05) is 38.8 Å². The second kappa shape index (κ2) is 7.39. The Bertz CT molecular complexity index is 487. The highest BCUT2D eigenvalue weighted by atomic mass is 19.4. The third-order valence-electron chi connectivity index (χ3n) is 3.91. The molecule has 0 bridgehead atoms. The van der Waals surface area contributed by atoms with Gasteiger partial charge in [-0.3, -0.25) is 4.90 Å². The molecule has 0 radical (unpaired) electrons. The first-order valence-electron chi connectivity index (χ1n) is 7.35. The Morgan fingerprint density at radius 1 is 1.23 bits per heavy atom. The van der Waals surface area contributed by atoms with Crippen molar-refractivity contribution in [2.75, 3.05) is 32.8 Å². The van der Waals surface area contributed by atoms with Crippen molar-refractivity contribution in [3.05, 3.63) is 35.1 Å². The van der Waals surface area contributed by atoms with Crippen LogP contribution in [0.2, 0.25) is 0 Å². The summed E-state index contributed by atoms with van der Waals surface area (Å²) in [6, 6.07) is 2.95. The fraction of sp³-hybridized carbons (Fsp3) is 0.600. The van der Waals surface area contributed by atoms with E-state index in [4.69, 9.17) is 5.11 Å². The number of benzene rings is 1. The van der Waals surface area contributed by atoms with Crippen LogP contribution in [0.4, 0.5) is 17.6 Å². The summed E-state index contributed by atoms with van der Waals surface area (Å²) >= 11 is 0. The third kappa shape index (κ3) is 4.18. The van der Waals surface area contributed by atoms with Gasteiger partial charge >= 0.3 is 6.18 Å². The van der Waals surface area contributed by atoms with Gasteiger partial charge in [0.25, 0.3) is 0 Å². The van der Waals surface area contributed by atoms with Crippen LogP contribution in [0.3, 0.4) is 0 Å². The highest BCUT2D eigenvalue weighted by Gasteiger charge is 2.35. The van der Waals surface area contributed by atoms with Gasteiger partial charge in [-0.1, -0.05) is 6.07 Å². The summed E-state index contributed by atoms with van der Waals surface area (Å²) < 4.78 is 52.1. The first kappa shape index (κ1) is 17.2. The second-order valence-corrected chi connectivity index (χ2v) is 5.40. The fourth-order valence-corrected chi connectivity index (χ4v) is 2.81. The van der Waals surface area contributed by atoms with E-state index in [1.165, 1.54) is 6.07 Å². The molecule has 22 heavy (non-hydrogen) atoms. The Balaban J connectivity index is 2.30. The van der Waals surface area contributed by atoms with Crippen molar-refractivity contribution in [1.82, 2.24) is 10.2 Å². The maximum Gasteiger partial charge on any atom is 0.419 e. The quantitative estimate of drug-likeness (QED) is 0.819. The average Bonchev–Trinajstić information content (AvgIpc) is 2.49. The molecule has 124 valence electrons. The summed E-state index contributed by atoms with van der Waals surface area (Å²) in [5.41, 5.74) is -0.779. The smallest absolute Gasteiger partial charge is 0.396 e. The Morgan fingerprint density at radius 2 is 1.91 bits per heavy atom. The molecule has 1 heterocycles. The summed E-state index contributed by atoms with van der Waals surface area (Å²) in [6.45, 7) is 2.95. The number of nitrogens with one attached hydrogen (secondary N) is 1. The molecule has 2 N–H and O–H groups in total. The van der Waals surface area contributed by atoms with E-state index in [2.05, 4.69) is 10.2 Å². The van der Waals surface area contributed by atoms with Crippen molar-refractivity contribution in [2.24, 2.45) is 0 Å². The van der Waals surface area contributed by atoms with Gasteiger partial charge in [-0.25, -0.2) is 4.39 Å². The fourth-order valence-electron chi connectivity index (χ4n) is 2.81. The summed E-state index contributed by atoms with van der Waals surface area (Å²) in [4.78, 5) is 2.08. The lowest BCUT2D eigenvalue weighted by atomic mass is 9.97. The van der Waals surface area contributed by atoms with Gasteiger partial charge in [0.05, 0.1) is 5.56 Å². The molecule has 1 aromatic rings. The van der Waals surface area contributed by atoms with Crippen molar-refractivity contribution in [3.8, 4) is 0 Å². The Kier molecular flexibility index (Phi) is 5.77. The molecule has 2 rings (SSSR count). The molecule has 0 aliphatic carbocycles. The molecule has 1 atom stereocenters. The van der Waals surface area contributed by atoms with E-state index in [1.54, 1.807) is 0 Å². The number of nitrogens with zero attached hydrogens (tertiary/aromatic N) is 1. The molecule has 1 fully saturated rings. The number of piperazine rings is 1. The molecule has 1 aliphatic heterocycles. The normalized spacial score (nSPS) is 18.4. The molecule has 0 saturated carbocycles. The SMILES string of the molecule is OCCC[C@H](c1ccc(F)c(C(F)(F)F)c1)N1CCNCC1. The van der Waals surface area contributed by atoms with Gasteiger partial charge in [-0.15, -0.1) is 0 Å². The number of aliphatic hydroxyl groups excluding tert-OH is 1. The monoisotopic (exact) mass is 320 g/mol. The summed E-state index contributed by atoms with van der Waals surface area (Å²) in [5, 5.41) is 12.2. The molecular formula is C15H20F4N2O. The zero-order valence-electron chi connectivity index (χ0n) is 12.2. The summed E-state index contributed by atoms with van der Waals surface area (Å²) in [6.07, 6.45) is -3.67. The third-order valence-corrected chi connectivity index (χ3v) is 3.91. The molecule has 1 aliphatic rings. The van der Waals surface area contributed by atoms with Gasteiger partial charge in [-0.2, -0.15) is 13.2 Å². The maximum absolute atomic E-state index is 13.4. The van der Waals surface area contributed by atoms with Gasteiger partial charge in [0.1, 0.15) is 5.82 Å². The van der Waals surface area contributed by atoms with E-state index in [-0.39, 0.29) is 12.6 Å². The largest absolute Gasteiger partial charge is 0.419 e. The van der Waals surface area contributed by atoms with Crippen LogP contribution in [-0.4, -0.2) is 42.8 Å². The molecule has 1 aromatic carbocycles. The van der Waals surface area contributed by atoms with Crippen LogP contribution in [-0.2, 0) is 6.18 Å². The molecule has 7 heteroatoms. The number of alkyl halides is 3. The minimum absolute atomic E-state index is 0.0179. The van der Waals surface area contributed by atoms with E-state index in [9.17, 15) is 17.6 Å². The molecule has 0 spiro atoms. The zero-order chi connectivity index (χ0) is 16.2. The minimum Gasteiger partial charge on any atom is -0.396 e. The van der Waals surface area contributed by atoms with Crippen molar-refractivity contribution < 1.29 is 22.7 Å². The second-order valence-electron chi connectivity index (χ2n) is 5.40. The van der Waals surface area contributed by atoms with Crippen molar-refractivity contribution in [2.45, 2.75) is 25.1 Å². The summed E-state index contributed by atoms with van der Waals surface area (Å²) in [5.74, 6) is -1.25. The molecular weight excluding hydrogens is 300 g/mol. The van der Waals surface area contributed by atoms with E-state index >= 15 is 0 Å². The van der Waals surface area contributed by atoms with E-state index in [0.717, 1.165) is 38.3 Å². The summed E-state index contributed by atoms with van der Waals surface area (Å²) in [7, 11) is 0. The Morgan fingerprint density at radius 3 is 2.50 bits per heavy atom. The zero-order valence-corrected chi connectivity index (χ0v) is 12.2. The van der Waals surface area contributed by atoms with Crippen LogP contribution >= 0.6 is 0 Å². The van der Waals surface area contributed by atoms with Crippen molar-refractivity contribution in [1.29, 1.82) is 0 Å². The first-order valence-corrected chi connectivity index (χ1v) is 7.35. The Labute approximate surface area is 126 Å². The van der Waals surface area contributed by atoms with Crippen LogP contribution in [0.25, 0.3) is 0 Å². The van der Waals surface area contributed by atoms with Crippen molar-refractivity contribution >= 4 is 0 Å². The van der Waals surface area contributed by atoms with E-state index < -0.39 is 17.6 Å². The molecule has 0 aromatic heterocycles. The van der Waals surface area contributed by atoms with Gasteiger partial charge in [0.2, 0.25) is 0 Å². The lowest BCUT2D eigenvalue weighted by Gasteiger charge is -2.35. The van der Waals surface area contributed by atoms with Gasteiger partial charge in [0.15, 0.2) is 0 Å². The number of hydrogen-bond donors (Lipinski definition) is 2. The van der Waals surface area contributed by atoms with E-state index in [1.807, 2.05) is 0 Å². The van der Waals surface area contributed by atoms with Gasteiger partial charge < -0.3 is 10.4 Å². The molecule has 1 saturated heterocycles. The number of aliphatic hydroxyl groups is 1. The number of rotatable bonds is 5. The molecule has 0 amide bonds. The highest BCUT2D eigenvalue weighted by Crippen LogP contribution is 2.35. The predicted octanol–water partition coefficient (Wildman–Crippen LogP) is 2.56. The molecule has 0 unspecified atom stereocenters. The van der Waals surface area contributed by atoms with Crippen molar-refractivity contribution in [3.63, 3.8) is 0 Å². The van der Waals surface area contributed by atoms with Crippen LogP contribution in [0, 0.1) is 5.82 Å². The van der Waals surface area contributed by atoms with Crippen LogP contribution < -0.4 is 5.32 Å². The predicted molar refractivity (Wildman–Crippen MR) is 74.9 cm³/mol. The lowest BCUT2D eigenvalue weighted by Crippen LogP contribution is -2.45. The number of halogens is 4. The average molecular weight is 320 g/mol. The first-order chi connectivity index (χ1) is 10.4. The van der Waals surface area contributed by atoms with Crippen LogP contribution in [0.1, 0.15) is 30.0 Å². The lowest BCUT2D eigenvalue weighted by molar-refractivity contribution is -0.140. The maximum atomic E-state index is 13.4.